The Morgan fingerprint density at radius 1 is 1.50 bits per heavy atom. The van der Waals surface area contributed by atoms with E-state index < -0.39 is 0 Å². The molecule has 0 saturated heterocycles. The molecule has 1 rings (SSSR count). The molecule has 0 aromatic heterocycles. The van der Waals surface area contributed by atoms with E-state index in [-0.39, 0.29) is 0 Å². The van der Waals surface area contributed by atoms with Crippen molar-refractivity contribution >= 4 is 5.76 Å². The van der Waals surface area contributed by atoms with E-state index in [0.29, 0.717) is 6.61 Å². The molecule has 0 unspecified atom stereocenters. The van der Waals surface area contributed by atoms with Crippen molar-refractivity contribution < 1.29 is 4.74 Å². The summed E-state index contributed by atoms with van der Waals surface area (Å²) in [6, 6.07) is 8.21. The monoisotopic (exact) mass is 191 g/mol. The molecule has 0 spiro atoms. The number of hydrogen-bond acceptors (Lipinski definition) is 2. The molecule has 76 valence electrons. The Morgan fingerprint density at radius 3 is 2.93 bits per heavy atom. The maximum absolute atomic E-state index is 5.35. The van der Waals surface area contributed by atoms with Gasteiger partial charge in [0, 0.05) is 12.1 Å². The fourth-order valence-electron chi connectivity index (χ4n) is 1.32. The van der Waals surface area contributed by atoms with E-state index in [1.54, 1.807) is 0 Å². The summed E-state index contributed by atoms with van der Waals surface area (Å²) in [5.74, 6) is 0.741. The van der Waals surface area contributed by atoms with Gasteiger partial charge in [0.05, 0.1) is 6.61 Å². The van der Waals surface area contributed by atoms with Gasteiger partial charge in [-0.05, 0) is 25.6 Å². The predicted octanol–water partition coefficient (Wildman–Crippen LogP) is 2.41. The molecule has 0 fully saturated rings. The van der Waals surface area contributed by atoms with E-state index in [0.717, 1.165) is 17.9 Å². The van der Waals surface area contributed by atoms with Gasteiger partial charge in [-0.25, -0.2) is 0 Å². The molecule has 1 aromatic carbocycles. The van der Waals surface area contributed by atoms with Gasteiger partial charge >= 0.3 is 0 Å². The topological polar surface area (TPSA) is 21.3 Å². The Morgan fingerprint density at radius 2 is 2.29 bits per heavy atom. The second-order valence-electron chi connectivity index (χ2n) is 3.09. The first-order valence-electron chi connectivity index (χ1n) is 4.83. The quantitative estimate of drug-likeness (QED) is 0.722. The van der Waals surface area contributed by atoms with Crippen molar-refractivity contribution in [3.63, 3.8) is 0 Å². The number of rotatable bonds is 5. The smallest absolute Gasteiger partial charge is 0.119 e. The summed E-state index contributed by atoms with van der Waals surface area (Å²) in [5.41, 5.74) is 2.30. The zero-order valence-corrected chi connectivity index (χ0v) is 8.84. The van der Waals surface area contributed by atoms with Crippen LogP contribution in [-0.4, -0.2) is 13.7 Å². The summed E-state index contributed by atoms with van der Waals surface area (Å²) in [7, 11) is 1.93. The number of benzene rings is 1. The van der Waals surface area contributed by atoms with Gasteiger partial charge in [0.2, 0.25) is 0 Å². The fourth-order valence-corrected chi connectivity index (χ4v) is 1.32. The van der Waals surface area contributed by atoms with Crippen LogP contribution >= 0.6 is 0 Å². The lowest BCUT2D eigenvalue weighted by Crippen LogP contribution is -2.05. The van der Waals surface area contributed by atoms with E-state index in [2.05, 4.69) is 24.0 Å². The van der Waals surface area contributed by atoms with Crippen LogP contribution in [0.3, 0.4) is 0 Å². The molecule has 0 bridgehead atoms. The van der Waals surface area contributed by atoms with Crippen LogP contribution in [0.1, 0.15) is 18.1 Å². The maximum atomic E-state index is 5.35. The molecule has 0 aliphatic carbocycles. The zero-order valence-electron chi connectivity index (χ0n) is 8.84. The minimum absolute atomic E-state index is 0.662. The van der Waals surface area contributed by atoms with Crippen molar-refractivity contribution in [3.05, 3.63) is 42.0 Å². The number of hydrogen-bond donors (Lipinski definition) is 1. The molecular weight excluding hydrogens is 174 g/mol. The first-order valence-corrected chi connectivity index (χ1v) is 4.83. The van der Waals surface area contributed by atoms with Gasteiger partial charge in [0.15, 0.2) is 0 Å². The second-order valence-corrected chi connectivity index (χ2v) is 3.09. The van der Waals surface area contributed by atoms with E-state index in [1.165, 1.54) is 5.56 Å². The summed E-state index contributed by atoms with van der Waals surface area (Å²) >= 11 is 0. The molecule has 2 nitrogen and oxygen atoms in total. The van der Waals surface area contributed by atoms with Crippen molar-refractivity contribution in [2.45, 2.75) is 13.5 Å². The van der Waals surface area contributed by atoms with Crippen LogP contribution in [-0.2, 0) is 11.3 Å². The lowest BCUT2D eigenvalue weighted by Gasteiger charge is -2.08. The first kappa shape index (κ1) is 10.8. The standard InChI is InChI=1S/C12H17NO/c1-4-14-10(2)12-7-5-6-11(8-12)9-13-3/h5-8,13H,2,4,9H2,1,3H3. The molecule has 0 heterocycles. The zero-order chi connectivity index (χ0) is 10.4. The average Bonchev–Trinajstić information content (AvgIpc) is 2.19. The van der Waals surface area contributed by atoms with Crippen molar-refractivity contribution in [3.8, 4) is 0 Å². The molecular formula is C12H17NO. The third-order valence-corrected chi connectivity index (χ3v) is 1.95. The van der Waals surface area contributed by atoms with Crippen LogP contribution in [0, 0.1) is 0 Å². The predicted molar refractivity (Wildman–Crippen MR) is 59.9 cm³/mol. The van der Waals surface area contributed by atoms with E-state index >= 15 is 0 Å². The highest BCUT2D eigenvalue weighted by Crippen LogP contribution is 2.15. The van der Waals surface area contributed by atoms with Gasteiger partial charge in [0.25, 0.3) is 0 Å². The Bertz CT molecular complexity index is 307. The second kappa shape index (κ2) is 5.45. The van der Waals surface area contributed by atoms with Gasteiger partial charge in [0.1, 0.15) is 5.76 Å². The lowest BCUT2D eigenvalue weighted by molar-refractivity contribution is 0.299. The highest BCUT2D eigenvalue weighted by Gasteiger charge is 1.99. The van der Waals surface area contributed by atoms with Crippen LogP contribution in [0.15, 0.2) is 30.8 Å². The molecule has 0 radical (unpaired) electrons. The van der Waals surface area contributed by atoms with Gasteiger partial charge in [-0.1, -0.05) is 24.8 Å². The highest BCUT2D eigenvalue weighted by molar-refractivity contribution is 5.58. The van der Waals surface area contributed by atoms with Gasteiger partial charge < -0.3 is 10.1 Å². The summed E-state index contributed by atoms with van der Waals surface area (Å²) in [5, 5.41) is 3.11. The molecule has 0 amide bonds. The molecule has 14 heavy (non-hydrogen) atoms. The normalized spacial score (nSPS) is 9.86. The van der Waals surface area contributed by atoms with E-state index in [1.807, 2.05) is 26.1 Å². The molecule has 0 atom stereocenters. The summed E-state index contributed by atoms with van der Waals surface area (Å²) in [6.07, 6.45) is 0. The molecule has 0 aliphatic heterocycles. The van der Waals surface area contributed by atoms with E-state index in [4.69, 9.17) is 4.74 Å². The maximum Gasteiger partial charge on any atom is 0.119 e. The van der Waals surface area contributed by atoms with Crippen LogP contribution in [0.4, 0.5) is 0 Å². The van der Waals surface area contributed by atoms with Crippen LogP contribution < -0.4 is 5.32 Å². The molecule has 0 aliphatic rings. The van der Waals surface area contributed by atoms with Crippen LogP contribution in [0.2, 0.25) is 0 Å². The van der Waals surface area contributed by atoms with Crippen LogP contribution in [0.25, 0.3) is 5.76 Å². The van der Waals surface area contributed by atoms with Gasteiger partial charge in [-0.2, -0.15) is 0 Å². The Hall–Kier alpha value is -1.28. The number of nitrogens with one attached hydrogen (secondary N) is 1. The molecule has 1 aromatic rings. The van der Waals surface area contributed by atoms with Crippen molar-refractivity contribution in [2.75, 3.05) is 13.7 Å². The summed E-state index contributed by atoms with van der Waals surface area (Å²) in [6.45, 7) is 7.36. The van der Waals surface area contributed by atoms with Gasteiger partial charge in [-0.15, -0.1) is 0 Å². The lowest BCUT2D eigenvalue weighted by atomic mass is 10.1. The van der Waals surface area contributed by atoms with Crippen LogP contribution in [0.5, 0.6) is 0 Å². The fraction of sp³-hybridized carbons (Fsp3) is 0.333. The van der Waals surface area contributed by atoms with E-state index in [9.17, 15) is 0 Å². The number of ether oxygens (including phenoxy) is 1. The third kappa shape index (κ3) is 2.89. The largest absolute Gasteiger partial charge is 0.494 e. The first-order chi connectivity index (χ1) is 6.77. The Balaban J connectivity index is 2.77. The van der Waals surface area contributed by atoms with Gasteiger partial charge in [-0.3, -0.25) is 0 Å². The SMILES string of the molecule is C=C(OCC)c1cccc(CNC)c1. The van der Waals surface area contributed by atoms with Crippen molar-refractivity contribution in [2.24, 2.45) is 0 Å². The minimum atomic E-state index is 0.662. The third-order valence-electron chi connectivity index (χ3n) is 1.95. The Kier molecular flexibility index (Phi) is 4.20. The van der Waals surface area contributed by atoms with Crippen molar-refractivity contribution in [1.29, 1.82) is 0 Å². The average molecular weight is 191 g/mol. The highest BCUT2D eigenvalue weighted by atomic mass is 16.5. The molecule has 0 saturated carbocycles. The Labute approximate surface area is 85.6 Å². The molecule has 2 heteroatoms. The summed E-state index contributed by atoms with van der Waals surface area (Å²) < 4.78 is 5.35. The summed E-state index contributed by atoms with van der Waals surface area (Å²) in [4.78, 5) is 0. The van der Waals surface area contributed by atoms with Crippen molar-refractivity contribution in [1.82, 2.24) is 5.32 Å². The molecule has 1 N–H and O–H groups in total. The minimum Gasteiger partial charge on any atom is -0.494 e.